The zero-order chi connectivity index (χ0) is 11.3. The molecule has 0 spiro atoms. The molecular formula is C10H10O4S. The van der Waals surface area contributed by atoms with Crippen molar-refractivity contribution in [2.75, 3.05) is 5.75 Å². The van der Waals surface area contributed by atoms with Crippen molar-refractivity contribution >= 4 is 23.5 Å². The van der Waals surface area contributed by atoms with Crippen LogP contribution in [-0.4, -0.2) is 33.2 Å². The van der Waals surface area contributed by atoms with Crippen molar-refractivity contribution in [2.45, 2.75) is 5.44 Å². The summed E-state index contributed by atoms with van der Waals surface area (Å²) in [5.41, 5.74) is -0.939. The number of aliphatic hydroxyl groups excluding tert-OH is 1. The molecule has 0 saturated carbocycles. The van der Waals surface area contributed by atoms with E-state index in [0.717, 1.165) is 0 Å². The van der Waals surface area contributed by atoms with Gasteiger partial charge >= 0.3 is 5.97 Å². The van der Waals surface area contributed by atoms with Gasteiger partial charge in [0.15, 0.2) is 5.44 Å². The molecule has 0 amide bonds. The van der Waals surface area contributed by atoms with Crippen LogP contribution in [0.15, 0.2) is 30.3 Å². The summed E-state index contributed by atoms with van der Waals surface area (Å²) in [5.74, 6) is -1.82. The Bertz CT molecular complexity index is 350. The van der Waals surface area contributed by atoms with E-state index >= 15 is 0 Å². The number of Topliss-reactive ketones (excluding diaryl/α,β-unsaturated/α-hetero) is 1. The molecule has 5 heteroatoms. The third-order valence-corrected chi connectivity index (χ3v) is 2.59. The van der Waals surface area contributed by atoms with E-state index in [9.17, 15) is 14.7 Å². The van der Waals surface area contributed by atoms with E-state index < -0.39 is 17.2 Å². The van der Waals surface area contributed by atoms with E-state index in [1.807, 2.05) is 0 Å². The molecule has 0 heterocycles. The molecule has 0 bridgehead atoms. The molecule has 1 aromatic rings. The Morgan fingerprint density at radius 1 is 1.27 bits per heavy atom. The summed E-state index contributed by atoms with van der Waals surface area (Å²) in [4.78, 5) is 21.7. The molecular weight excluding hydrogens is 216 g/mol. The number of benzene rings is 1. The van der Waals surface area contributed by atoms with Gasteiger partial charge in [0, 0.05) is 5.56 Å². The number of aliphatic hydroxyl groups is 1. The molecule has 1 aromatic carbocycles. The summed E-state index contributed by atoms with van der Waals surface area (Å²) in [6.07, 6.45) is 0. The average molecular weight is 226 g/mol. The number of rotatable bonds is 5. The van der Waals surface area contributed by atoms with Gasteiger partial charge in [-0.05, 0) is 0 Å². The Morgan fingerprint density at radius 3 is 2.40 bits per heavy atom. The first-order valence-electron chi connectivity index (χ1n) is 4.22. The van der Waals surface area contributed by atoms with Gasteiger partial charge in [-0.15, -0.1) is 11.8 Å². The van der Waals surface area contributed by atoms with Crippen LogP contribution in [0.2, 0.25) is 0 Å². The molecule has 0 aliphatic heterocycles. The highest BCUT2D eigenvalue weighted by molar-refractivity contribution is 8.01. The first-order chi connectivity index (χ1) is 7.11. The van der Waals surface area contributed by atoms with Crippen LogP contribution in [0.1, 0.15) is 10.4 Å². The number of aliphatic carboxylic acids is 1. The number of carbonyl (C=O) groups excluding carboxylic acids is 1. The lowest BCUT2D eigenvalue weighted by Gasteiger charge is -2.07. The molecule has 0 radical (unpaired) electrons. The Balaban J connectivity index is 2.57. The van der Waals surface area contributed by atoms with Crippen molar-refractivity contribution in [3.63, 3.8) is 0 Å². The van der Waals surface area contributed by atoms with Gasteiger partial charge in [-0.2, -0.15) is 0 Å². The van der Waals surface area contributed by atoms with Crippen LogP contribution >= 0.6 is 11.8 Å². The fourth-order valence-electron chi connectivity index (χ4n) is 0.971. The summed E-state index contributed by atoms with van der Waals surface area (Å²) >= 11 is 0.694. The number of hydrogen-bond acceptors (Lipinski definition) is 4. The number of ketones is 1. The maximum absolute atomic E-state index is 11.5. The third-order valence-electron chi connectivity index (χ3n) is 1.65. The minimum Gasteiger partial charge on any atom is -0.481 e. The summed E-state index contributed by atoms with van der Waals surface area (Å²) < 4.78 is 0. The van der Waals surface area contributed by atoms with Crippen molar-refractivity contribution in [3.05, 3.63) is 35.9 Å². The predicted octanol–water partition coefficient (Wildman–Crippen LogP) is 1.01. The molecule has 0 saturated heterocycles. The van der Waals surface area contributed by atoms with Crippen LogP contribution in [0.5, 0.6) is 0 Å². The van der Waals surface area contributed by atoms with Crippen LogP contribution in [0.3, 0.4) is 0 Å². The van der Waals surface area contributed by atoms with Crippen molar-refractivity contribution in [3.8, 4) is 0 Å². The third kappa shape index (κ3) is 3.73. The average Bonchev–Trinajstić information content (AvgIpc) is 2.26. The lowest BCUT2D eigenvalue weighted by molar-refractivity contribution is -0.133. The number of carboxylic acids is 1. The molecule has 1 rings (SSSR count). The Hall–Kier alpha value is -1.33. The summed E-state index contributed by atoms with van der Waals surface area (Å²) in [6.45, 7) is 0. The molecule has 4 nitrogen and oxygen atoms in total. The molecule has 15 heavy (non-hydrogen) atoms. The summed E-state index contributed by atoms with van der Waals surface area (Å²) in [6, 6.07) is 8.27. The van der Waals surface area contributed by atoms with Gasteiger partial charge in [-0.3, -0.25) is 9.59 Å². The Morgan fingerprint density at radius 2 is 1.87 bits per heavy atom. The molecule has 0 fully saturated rings. The Kier molecular flexibility index (Phi) is 4.33. The molecule has 2 N–H and O–H groups in total. The van der Waals surface area contributed by atoms with Gasteiger partial charge in [-0.25, -0.2) is 0 Å². The van der Waals surface area contributed by atoms with Gasteiger partial charge in [-0.1, -0.05) is 30.3 Å². The highest BCUT2D eigenvalue weighted by atomic mass is 32.2. The van der Waals surface area contributed by atoms with Crippen LogP contribution in [0.25, 0.3) is 0 Å². The number of hydrogen-bond donors (Lipinski definition) is 2. The van der Waals surface area contributed by atoms with Crippen molar-refractivity contribution in [2.24, 2.45) is 0 Å². The van der Waals surface area contributed by atoms with Crippen LogP contribution < -0.4 is 0 Å². The maximum Gasteiger partial charge on any atom is 0.313 e. The van der Waals surface area contributed by atoms with E-state index in [1.54, 1.807) is 30.3 Å². The largest absolute Gasteiger partial charge is 0.481 e. The standard InChI is InChI=1S/C10H10O4S/c11-8(12)6-15-10(14)9(13)7-4-2-1-3-5-7/h1-5,10,14H,6H2,(H,11,12)/t10-/m0/s1. The number of thioether (sulfide) groups is 1. The quantitative estimate of drug-likeness (QED) is 0.579. The van der Waals surface area contributed by atoms with Crippen LogP contribution in [-0.2, 0) is 4.79 Å². The lowest BCUT2D eigenvalue weighted by Crippen LogP contribution is -2.18. The first kappa shape index (κ1) is 11.7. The smallest absolute Gasteiger partial charge is 0.313 e. The zero-order valence-electron chi connectivity index (χ0n) is 7.79. The second kappa shape index (κ2) is 5.53. The highest BCUT2D eigenvalue weighted by Crippen LogP contribution is 2.13. The molecule has 0 aliphatic carbocycles. The second-order valence-corrected chi connectivity index (χ2v) is 3.86. The van der Waals surface area contributed by atoms with Gasteiger partial charge in [0.25, 0.3) is 0 Å². The van der Waals surface area contributed by atoms with E-state index in [4.69, 9.17) is 5.11 Å². The highest BCUT2D eigenvalue weighted by Gasteiger charge is 2.18. The number of carbonyl (C=O) groups is 2. The topological polar surface area (TPSA) is 74.6 Å². The lowest BCUT2D eigenvalue weighted by atomic mass is 10.1. The van der Waals surface area contributed by atoms with Crippen molar-refractivity contribution < 1.29 is 19.8 Å². The van der Waals surface area contributed by atoms with Crippen molar-refractivity contribution in [1.82, 2.24) is 0 Å². The maximum atomic E-state index is 11.5. The van der Waals surface area contributed by atoms with Crippen molar-refractivity contribution in [1.29, 1.82) is 0 Å². The zero-order valence-corrected chi connectivity index (χ0v) is 8.61. The van der Waals surface area contributed by atoms with E-state index in [2.05, 4.69) is 0 Å². The molecule has 0 aliphatic rings. The van der Waals surface area contributed by atoms with Crippen LogP contribution in [0, 0.1) is 0 Å². The normalized spacial score (nSPS) is 12.1. The van der Waals surface area contributed by atoms with Gasteiger partial charge in [0.1, 0.15) is 0 Å². The van der Waals surface area contributed by atoms with E-state index in [-0.39, 0.29) is 5.75 Å². The van der Waals surface area contributed by atoms with Gasteiger partial charge in [0.05, 0.1) is 5.75 Å². The Labute approximate surface area is 90.9 Å². The molecule has 80 valence electrons. The fourth-order valence-corrected chi connectivity index (χ4v) is 1.56. The number of carboxylic acid groups (broad SMARTS) is 1. The molecule has 0 unspecified atom stereocenters. The molecule has 0 aromatic heterocycles. The molecule has 1 atom stereocenters. The van der Waals surface area contributed by atoms with E-state index in [0.29, 0.717) is 17.3 Å². The fraction of sp³-hybridized carbons (Fsp3) is 0.200. The summed E-state index contributed by atoms with van der Waals surface area (Å²) in [7, 11) is 0. The first-order valence-corrected chi connectivity index (χ1v) is 5.27. The van der Waals surface area contributed by atoms with Gasteiger partial charge in [0.2, 0.25) is 5.78 Å². The predicted molar refractivity (Wildman–Crippen MR) is 56.9 cm³/mol. The van der Waals surface area contributed by atoms with Crippen LogP contribution in [0.4, 0.5) is 0 Å². The summed E-state index contributed by atoms with van der Waals surface area (Å²) in [5, 5.41) is 17.7. The van der Waals surface area contributed by atoms with E-state index in [1.165, 1.54) is 0 Å². The second-order valence-electron chi connectivity index (χ2n) is 2.79. The monoisotopic (exact) mass is 226 g/mol. The minimum absolute atomic E-state index is 0.292. The minimum atomic E-state index is -1.32. The SMILES string of the molecule is O=C(O)CS[C@H](O)C(=O)c1ccccc1. The van der Waals surface area contributed by atoms with Gasteiger partial charge < -0.3 is 10.2 Å².